The SMILES string of the molecule is CN(C)CC1CC(O)CN1C(=O)c1cccc(F)c1F. The van der Waals surface area contributed by atoms with Gasteiger partial charge >= 0.3 is 0 Å². The number of aliphatic hydroxyl groups excluding tert-OH is 1. The molecule has 1 aliphatic heterocycles. The standard InChI is InChI=1S/C14H18F2N2O2/c1-17(2)7-9-6-10(19)8-18(9)14(20)11-4-3-5-12(15)13(11)16/h3-5,9-10,19H,6-8H2,1-2H3. The Balaban J connectivity index is 2.24. The van der Waals surface area contributed by atoms with Crippen molar-refractivity contribution in [3.05, 3.63) is 35.4 Å². The normalized spacial score (nSPS) is 22.6. The van der Waals surface area contributed by atoms with Crippen LogP contribution in [0.15, 0.2) is 18.2 Å². The molecule has 0 aromatic heterocycles. The predicted molar refractivity (Wildman–Crippen MR) is 70.4 cm³/mol. The first-order chi connectivity index (χ1) is 9.40. The van der Waals surface area contributed by atoms with Crippen molar-refractivity contribution in [1.82, 2.24) is 9.80 Å². The average molecular weight is 284 g/mol. The molecule has 0 aliphatic carbocycles. The number of likely N-dealkylation sites (N-methyl/N-ethyl adjacent to an activating group) is 1. The zero-order valence-corrected chi connectivity index (χ0v) is 11.5. The van der Waals surface area contributed by atoms with Gasteiger partial charge in [-0.15, -0.1) is 0 Å². The first-order valence-electron chi connectivity index (χ1n) is 6.48. The summed E-state index contributed by atoms with van der Waals surface area (Å²) >= 11 is 0. The maximum absolute atomic E-state index is 13.7. The highest BCUT2D eigenvalue weighted by atomic mass is 19.2. The lowest BCUT2D eigenvalue weighted by Gasteiger charge is -2.27. The molecule has 1 aliphatic rings. The van der Waals surface area contributed by atoms with Crippen molar-refractivity contribution < 1.29 is 18.7 Å². The third kappa shape index (κ3) is 2.96. The van der Waals surface area contributed by atoms with Gasteiger partial charge in [0.15, 0.2) is 11.6 Å². The number of nitrogens with zero attached hydrogens (tertiary/aromatic N) is 2. The van der Waals surface area contributed by atoms with Crippen molar-refractivity contribution in [1.29, 1.82) is 0 Å². The number of β-amino-alcohol motifs (C(OH)–C–C–N with tert-alkyl or cyclic N) is 1. The molecule has 4 nitrogen and oxygen atoms in total. The summed E-state index contributed by atoms with van der Waals surface area (Å²) in [7, 11) is 3.71. The van der Waals surface area contributed by atoms with Crippen LogP contribution in [0.25, 0.3) is 0 Å². The average Bonchev–Trinajstić information content (AvgIpc) is 2.72. The Morgan fingerprint density at radius 3 is 2.80 bits per heavy atom. The van der Waals surface area contributed by atoms with Gasteiger partial charge in [-0.05, 0) is 32.6 Å². The van der Waals surface area contributed by atoms with Gasteiger partial charge in [-0.3, -0.25) is 4.79 Å². The first kappa shape index (κ1) is 14.9. The predicted octanol–water partition coefficient (Wildman–Crippen LogP) is 1.10. The number of likely N-dealkylation sites (tertiary alicyclic amines) is 1. The third-order valence-electron chi connectivity index (χ3n) is 3.41. The van der Waals surface area contributed by atoms with E-state index >= 15 is 0 Å². The van der Waals surface area contributed by atoms with E-state index in [0.717, 1.165) is 6.07 Å². The van der Waals surface area contributed by atoms with Crippen LogP contribution in [0, 0.1) is 11.6 Å². The lowest BCUT2D eigenvalue weighted by Crippen LogP contribution is -2.41. The second-order valence-corrected chi connectivity index (χ2v) is 5.36. The van der Waals surface area contributed by atoms with Crippen LogP contribution in [-0.2, 0) is 0 Å². The van der Waals surface area contributed by atoms with E-state index in [4.69, 9.17) is 0 Å². The van der Waals surface area contributed by atoms with E-state index in [0.29, 0.717) is 13.0 Å². The zero-order chi connectivity index (χ0) is 14.9. The molecular formula is C14H18F2N2O2. The van der Waals surface area contributed by atoms with Gasteiger partial charge in [-0.2, -0.15) is 0 Å². The maximum Gasteiger partial charge on any atom is 0.257 e. The Bertz CT molecular complexity index is 508. The molecule has 0 radical (unpaired) electrons. The molecule has 1 amide bonds. The molecule has 0 saturated carbocycles. The fraction of sp³-hybridized carbons (Fsp3) is 0.500. The quantitative estimate of drug-likeness (QED) is 0.904. The Morgan fingerprint density at radius 2 is 2.15 bits per heavy atom. The zero-order valence-electron chi connectivity index (χ0n) is 11.5. The minimum atomic E-state index is -1.14. The third-order valence-corrected chi connectivity index (χ3v) is 3.41. The Morgan fingerprint density at radius 1 is 1.45 bits per heavy atom. The van der Waals surface area contributed by atoms with Crippen LogP contribution in [0.1, 0.15) is 16.8 Å². The lowest BCUT2D eigenvalue weighted by atomic mass is 10.1. The number of halogens is 2. The molecule has 1 fully saturated rings. The fourth-order valence-corrected chi connectivity index (χ4v) is 2.56. The van der Waals surface area contributed by atoms with Gasteiger partial charge < -0.3 is 14.9 Å². The molecule has 0 bridgehead atoms. The molecular weight excluding hydrogens is 266 g/mol. The van der Waals surface area contributed by atoms with Crippen LogP contribution >= 0.6 is 0 Å². The Labute approximate surface area is 116 Å². The lowest BCUT2D eigenvalue weighted by molar-refractivity contribution is 0.0693. The number of rotatable bonds is 3. The molecule has 20 heavy (non-hydrogen) atoms. The summed E-state index contributed by atoms with van der Waals surface area (Å²) in [5.74, 6) is -2.76. The molecule has 110 valence electrons. The summed E-state index contributed by atoms with van der Waals surface area (Å²) in [5.41, 5.74) is -0.289. The number of amides is 1. The number of hydrogen-bond donors (Lipinski definition) is 1. The molecule has 2 rings (SSSR count). The number of carbonyl (C=O) groups is 1. The molecule has 1 heterocycles. The van der Waals surface area contributed by atoms with Gasteiger partial charge in [0.25, 0.3) is 5.91 Å². The van der Waals surface area contributed by atoms with Crippen molar-refractivity contribution >= 4 is 5.91 Å². The summed E-state index contributed by atoms with van der Waals surface area (Å²) < 4.78 is 26.9. The second-order valence-electron chi connectivity index (χ2n) is 5.36. The Hall–Kier alpha value is -1.53. The minimum absolute atomic E-state index is 0.146. The van der Waals surface area contributed by atoms with Gasteiger partial charge in [0, 0.05) is 19.1 Å². The number of aliphatic hydroxyl groups is 1. The topological polar surface area (TPSA) is 43.8 Å². The van der Waals surface area contributed by atoms with Crippen molar-refractivity contribution in [2.75, 3.05) is 27.2 Å². The summed E-state index contributed by atoms with van der Waals surface area (Å²) in [6, 6.07) is 3.34. The van der Waals surface area contributed by atoms with Crippen LogP contribution < -0.4 is 0 Å². The van der Waals surface area contributed by atoms with Crippen molar-refractivity contribution in [3.63, 3.8) is 0 Å². The van der Waals surface area contributed by atoms with Gasteiger partial charge in [0.05, 0.1) is 11.7 Å². The van der Waals surface area contributed by atoms with Crippen LogP contribution in [-0.4, -0.2) is 60.1 Å². The molecule has 1 N–H and O–H groups in total. The fourth-order valence-electron chi connectivity index (χ4n) is 2.56. The van der Waals surface area contributed by atoms with Gasteiger partial charge in [0.2, 0.25) is 0 Å². The molecule has 1 saturated heterocycles. The highest BCUT2D eigenvalue weighted by molar-refractivity contribution is 5.95. The number of hydrogen-bond acceptors (Lipinski definition) is 3. The van der Waals surface area contributed by atoms with E-state index in [2.05, 4.69) is 0 Å². The molecule has 1 aromatic rings. The first-order valence-corrected chi connectivity index (χ1v) is 6.48. The second kappa shape index (κ2) is 5.85. The van der Waals surface area contributed by atoms with Crippen LogP contribution in [0.4, 0.5) is 8.78 Å². The van der Waals surface area contributed by atoms with Crippen LogP contribution in [0.5, 0.6) is 0 Å². The summed E-state index contributed by atoms with van der Waals surface area (Å²) in [6.45, 7) is 0.715. The van der Waals surface area contributed by atoms with Crippen molar-refractivity contribution in [2.24, 2.45) is 0 Å². The summed E-state index contributed by atoms with van der Waals surface area (Å²) in [5, 5.41) is 9.72. The van der Waals surface area contributed by atoms with E-state index in [-0.39, 0.29) is 18.2 Å². The van der Waals surface area contributed by atoms with Crippen molar-refractivity contribution in [3.8, 4) is 0 Å². The molecule has 2 atom stereocenters. The molecule has 0 spiro atoms. The van der Waals surface area contributed by atoms with E-state index in [1.807, 2.05) is 19.0 Å². The highest BCUT2D eigenvalue weighted by Gasteiger charge is 2.36. The van der Waals surface area contributed by atoms with Crippen LogP contribution in [0.2, 0.25) is 0 Å². The monoisotopic (exact) mass is 284 g/mol. The smallest absolute Gasteiger partial charge is 0.257 e. The molecule has 1 aromatic carbocycles. The van der Waals surface area contributed by atoms with E-state index in [1.54, 1.807) is 0 Å². The van der Waals surface area contributed by atoms with Gasteiger partial charge in [-0.25, -0.2) is 8.78 Å². The minimum Gasteiger partial charge on any atom is -0.391 e. The Kier molecular flexibility index (Phi) is 4.35. The van der Waals surface area contributed by atoms with E-state index in [9.17, 15) is 18.7 Å². The highest BCUT2D eigenvalue weighted by Crippen LogP contribution is 2.23. The van der Waals surface area contributed by atoms with Gasteiger partial charge in [0.1, 0.15) is 0 Å². The number of carbonyl (C=O) groups excluding carboxylic acids is 1. The largest absolute Gasteiger partial charge is 0.391 e. The van der Waals surface area contributed by atoms with Crippen molar-refractivity contribution in [2.45, 2.75) is 18.6 Å². The van der Waals surface area contributed by atoms with Gasteiger partial charge in [-0.1, -0.05) is 6.07 Å². The van der Waals surface area contributed by atoms with Crippen LogP contribution in [0.3, 0.4) is 0 Å². The summed E-state index contributed by atoms with van der Waals surface area (Å²) in [4.78, 5) is 15.7. The molecule has 6 heteroatoms. The van der Waals surface area contributed by atoms with E-state index in [1.165, 1.54) is 17.0 Å². The maximum atomic E-state index is 13.7. The van der Waals surface area contributed by atoms with E-state index < -0.39 is 23.6 Å². The summed E-state index contributed by atoms with van der Waals surface area (Å²) in [6.07, 6.45) is -0.179. The molecule has 2 unspecified atom stereocenters. The number of benzene rings is 1.